The van der Waals surface area contributed by atoms with Crippen LogP contribution in [0.3, 0.4) is 0 Å². The van der Waals surface area contributed by atoms with Crippen molar-refractivity contribution >= 4 is 43.4 Å². The van der Waals surface area contributed by atoms with E-state index in [4.69, 9.17) is 34.8 Å². The number of ether oxygens (including phenoxy) is 4. The van der Waals surface area contributed by atoms with Crippen molar-refractivity contribution < 1.29 is 32.2 Å². The van der Waals surface area contributed by atoms with Gasteiger partial charge in [0, 0.05) is 66.0 Å². The number of rotatable bonds is 20. The van der Waals surface area contributed by atoms with E-state index in [9.17, 15) is 13.2 Å². The maximum atomic E-state index is 14.1. The predicted molar refractivity (Wildman–Crippen MR) is 220 cm³/mol. The van der Waals surface area contributed by atoms with Gasteiger partial charge in [0.1, 0.15) is 24.0 Å². The summed E-state index contributed by atoms with van der Waals surface area (Å²) in [5.74, 6) is -0.544. The smallest absolute Gasteiger partial charge is 0.249 e. The molecule has 3 aromatic heterocycles. The summed E-state index contributed by atoms with van der Waals surface area (Å²) in [6.07, 6.45) is 8.04. The molecule has 1 amide bonds. The number of hydrogen-bond acceptors (Lipinski definition) is 11. The van der Waals surface area contributed by atoms with Crippen LogP contribution in [0.15, 0.2) is 53.8 Å². The van der Waals surface area contributed by atoms with Crippen molar-refractivity contribution in [3.05, 3.63) is 54.6 Å². The van der Waals surface area contributed by atoms with Crippen LogP contribution >= 0.6 is 0 Å². The van der Waals surface area contributed by atoms with Gasteiger partial charge in [0.05, 0.1) is 37.0 Å². The van der Waals surface area contributed by atoms with E-state index in [1.54, 1.807) is 28.7 Å². The van der Waals surface area contributed by atoms with Gasteiger partial charge in [0.15, 0.2) is 21.3 Å². The molecule has 5 rings (SSSR count). The minimum Gasteiger partial charge on any atom is -0.382 e. The third-order valence-corrected chi connectivity index (χ3v) is 14.5. The first-order valence-electron chi connectivity index (χ1n) is 19.0. The molecule has 1 aromatic carbocycles. The lowest BCUT2D eigenvalue weighted by Crippen LogP contribution is -2.49. The quantitative estimate of drug-likeness (QED) is 0.0636. The topological polar surface area (TPSA) is 165 Å². The van der Waals surface area contributed by atoms with Crippen molar-refractivity contribution in [1.82, 2.24) is 24.4 Å². The Morgan fingerprint density at radius 3 is 2.09 bits per heavy atom. The van der Waals surface area contributed by atoms with Gasteiger partial charge in [-0.1, -0.05) is 57.5 Å². The monoisotopic (exact) mass is 813 g/mol. The van der Waals surface area contributed by atoms with E-state index in [2.05, 4.69) is 44.4 Å². The number of benzene rings is 1. The molecule has 302 valence electrons. The van der Waals surface area contributed by atoms with Crippen molar-refractivity contribution in [2.45, 2.75) is 93.5 Å². The van der Waals surface area contributed by atoms with Gasteiger partial charge >= 0.3 is 0 Å². The van der Waals surface area contributed by atoms with E-state index in [0.717, 1.165) is 23.3 Å². The molecule has 0 radical (unpaired) electrons. The van der Waals surface area contributed by atoms with Gasteiger partial charge in [0.25, 0.3) is 0 Å². The van der Waals surface area contributed by atoms with Crippen molar-refractivity contribution in [1.29, 1.82) is 0 Å². The fraction of sp³-hybridized carbons (Fsp3) is 0.579. The molecule has 0 spiro atoms. The van der Waals surface area contributed by atoms with Crippen LogP contribution in [0.25, 0.3) is 22.5 Å². The number of hydrogen-bond donors (Lipinski definition) is 1. The van der Waals surface area contributed by atoms with Crippen LogP contribution in [-0.2, 0) is 33.6 Å². The molecule has 55 heavy (non-hydrogen) atoms. The third kappa shape index (κ3) is 10.9. The van der Waals surface area contributed by atoms with E-state index < -0.39 is 37.5 Å². The van der Waals surface area contributed by atoms with Crippen LogP contribution < -0.4 is 10.6 Å². The summed E-state index contributed by atoms with van der Waals surface area (Å²) < 4.78 is 55.5. The van der Waals surface area contributed by atoms with Gasteiger partial charge in [-0.15, -0.1) is 0 Å². The highest BCUT2D eigenvalue weighted by atomic mass is 32.2. The first kappa shape index (κ1) is 42.7. The number of primary amides is 1. The minimum absolute atomic E-state index is 0.0640. The van der Waals surface area contributed by atoms with Gasteiger partial charge in [-0.05, 0) is 49.9 Å². The average molecular weight is 814 g/mol. The van der Waals surface area contributed by atoms with Gasteiger partial charge < -0.3 is 29.6 Å². The summed E-state index contributed by atoms with van der Waals surface area (Å²) >= 11 is 0. The van der Waals surface area contributed by atoms with E-state index in [-0.39, 0.29) is 30.9 Å². The first-order valence-corrected chi connectivity index (χ1v) is 28.3. The Morgan fingerprint density at radius 2 is 1.55 bits per heavy atom. The Bertz CT molecular complexity index is 1980. The maximum absolute atomic E-state index is 14.1. The number of fused-ring (bicyclic) bond motifs is 1. The Hall–Kier alpha value is -3.46. The molecule has 1 aliphatic carbocycles. The van der Waals surface area contributed by atoms with Crippen molar-refractivity contribution in [3.63, 3.8) is 0 Å². The van der Waals surface area contributed by atoms with E-state index in [1.807, 2.05) is 41.4 Å². The Morgan fingerprint density at radius 1 is 0.927 bits per heavy atom. The summed E-state index contributed by atoms with van der Waals surface area (Å²) in [6.45, 7) is 15.5. The number of para-hydroxylation sites is 1. The van der Waals surface area contributed by atoms with Crippen LogP contribution in [0.2, 0.25) is 51.4 Å². The molecule has 0 aliphatic heterocycles. The number of nitrogens with two attached hydrogens (primary N) is 1. The molecule has 17 heteroatoms. The number of nitrogens with zero attached hydrogens (tertiary/aromatic N) is 6. The highest BCUT2D eigenvalue weighted by Gasteiger charge is 2.44. The van der Waals surface area contributed by atoms with Crippen molar-refractivity contribution in [2.24, 2.45) is 5.73 Å². The highest BCUT2D eigenvalue weighted by Crippen LogP contribution is 2.44. The molecule has 1 fully saturated rings. The molecular formula is C38H59N7O7SSi2. The Kier molecular flexibility index (Phi) is 13.8. The molecule has 0 atom stereocenters. The van der Waals surface area contributed by atoms with Crippen LogP contribution in [-0.4, -0.2) is 114 Å². The summed E-state index contributed by atoms with van der Waals surface area (Å²) in [5, 5.41) is 9.43. The van der Waals surface area contributed by atoms with Crippen LogP contribution in [0, 0.1) is 0 Å². The molecule has 3 heterocycles. The second-order valence-electron chi connectivity index (χ2n) is 16.9. The minimum atomic E-state index is -3.93. The van der Waals surface area contributed by atoms with Gasteiger partial charge in [-0.3, -0.25) is 4.79 Å². The summed E-state index contributed by atoms with van der Waals surface area (Å²) in [4.78, 5) is 19.9. The lowest BCUT2D eigenvalue weighted by atomic mass is 9.76. The second-order valence-corrected chi connectivity index (χ2v) is 30.1. The van der Waals surface area contributed by atoms with E-state index >= 15 is 0 Å². The lowest BCUT2D eigenvalue weighted by molar-refractivity contribution is -0.151. The molecule has 1 saturated carbocycles. The standard InChI is InChI=1S/C38H59N7O7SSi2/c1-49-18-19-52-38(37(39)46)16-14-29(15-17-38)33-34(53(2,47)48)36(43(27-50-20-22-54(3,4)5)28-51-21-23-55(6,7)8)45-35(42-33)32(25-41-45)30-24-40-44(26-30)31-12-10-9-11-13-31/h9-13,24-26,29H,14-23,27-28H2,1-8H3,(H2,39,46). The molecule has 2 N–H and O–H groups in total. The predicted octanol–water partition coefficient (Wildman–Crippen LogP) is 5.96. The fourth-order valence-electron chi connectivity index (χ4n) is 6.68. The molecule has 14 nitrogen and oxygen atoms in total. The number of aromatic nitrogens is 5. The Labute approximate surface area is 327 Å². The summed E-state index contributed by atoms with van der Waals surface area (Å²) in [5.41, 5.74) is 7.98. The zero-order valence-corrected chi connectivity index (χ0v) is 36.5. The van der Waals surface area contributed by atoms with Gasteiger partial charge in [-0.2, -0.15) is 14.7 Å². The summed E-state index contributed by atoms with van der Waals surface area (Å²) in [7, 11) is -5.19. The molecule has 0 bridgehead atoms. The van der Waals surface area contributed by atoms with E-state index in [1.165, 1.54) is 6.26 Å². The zero-order chi connectivity index (χ0) is 40.0. The molecule has 0 saturated heterocycles. The first-order chi connectivity index (χ1) is 25.9. The molecule has 0 unspecified atom stereocenters. The number of carbonyl (C=O) groups excluding carboxylic acids is 1. The SMILES string of the molecule is COCCOC1(C(N)=O)CCC(c2nc3c(-c4cnn(-c5ccccc5)c4)cnn3c(N(COCC[Si](C)(C)C)COCC[Si](C)(C)C)c2S(C)(=O)=O)CC1. The molecule has 1 aliphatic rings. The molecule has 4 aromatic rings. The average Bonchev–Trinajstić information content (AvgIpc) is 3.77. The number of anilines is 1. The molecular weight excluding hydrogens is 755 g/mol. The highest BCUT2D eigenvalue weighted by molar-refractivity contribution is 7.91. The van der Waals surface area contributed by atoms with Gasteiger partial charge in [-0.25, -0.2) is 18.1 Å². The normalized spacial score (nSPS) is 18.2. The second kappa shape index (κ2) is 17.8. The Balaban J connectivity index is 1.66. The number of amides is 1. The van der Waals surface area contributed by atoms with Crippen molar-refractivity contribution in [3.8, 4) is 16.8 Å². The van der Waals surface area contributed by atoms with E-state index in [0.29, 0.717) is 68.2 Å². The number of sulfone groups is 1. The maximum Gasteiger partial charge on any atom is 0.249 e. The van der Waals surface area contributed by atoms with Gasteiger partial charge in [0.2, 0.25) is 5.91 Å². The van der Waals surface area contributed by atoms with Crippen LogP contribution in [0.5, 0.6) is 0 Å². The van der Waals surface area contributed by atoms with Crippen LogP contribution in [0.4, 0.5) is 5.82 Å². The summed E-state index contributed by atoms with van der Waals surface area (Å²) in [6, 6.07) is 11.7. The zero-order valence-electron chi connectivity index (χ0n) is 33.7. The largest absolute Gasteiger partial charge is 0.382 e. The van der Waals surface area contributed by atoms with Crippen LogP contribution in [0.1, 0.15) is 37.3 Å². The number of carbonyl (C=O) groups is 1. The lowest BCUT2D eigenvalue weighted by Gasteiger charge is -2.38. The number of methoxy groups -OCH3 is 1. The fourth-order valence-corrected chi connectivity index (χ4v) is 9.34. The third-order valence-electron chi connectivity index (χ3n) is 9.97. The van der Waals surface area contributed by atoms with Crippen molar-refractivity contribution in [2.75, 3.05) is 58.2 Å².